The monoisotopic (exact) mass is 410 g/mol. The van der Waals surface area contributed by atoms with Crippen LogP contribution in [0.1, 0.15) is 50.5 Å². The number of hydroxylamine groups is 1. The van der Waals surface area contributed by atoms with Gasteiger partial charge in [-0.05, 0) is 55.9 Å². The predicted molar refractivity (Wildman–Crippen MR) is 108 cm³/mol. The first-order chi connectivity index (χ1) is 13.5. The maximum Gasteiger partial charge on any atom is 0.303 e. The van der Waals surface area contributed by atoms with Gasteiger partial charge >= 0.3 is 5.91 Å². The quantitative estimate of drug-likeness (QED) is 0.375. The molecule has 3 rings (SSSR count). The molecule has 0 aromatic carbocycles. The lowest BCUT2D eigenvalue weighted by Gasteiger charge is -2.36. The van der Waals surface area contributed by atoms with E-state index in [2.05, 4.69) is 15.2 Å². The van der Waals surface area contributed by atoms with Crippen molar-refractivity contribution in [2.24, 2.45) is 5.92 Å². The highest BCUT2D eigenvalue weighted by Gasteiger charge is 2.24. The van der Waals surface area contributed by atoms with E-state index in [1.54, 1.807) is 6.07 Å². The van der Waals surface area contributed by atoms with Crippen LogP contribution in [0.2, 0.25) is 5.02 Å². The van der Waals surface area contributed by atoms with Crippen LogP contribution in [0.3, 0.4) is 0 Å². The van der Waals surface area contributed by atoms with Gasteiger partial charge in [0, 0.05) is 25.3 Å². The third-order valence-electron chi connectivity index (χ3n) is 5.56. The van der Waals surface area contributed by atoms with Crippen molar-refractivity contribution in [2.45, 2.75) is 51.0 Å². The molecule has 1 aliphatic heterocycles. The second-order valence-electron chi connectivity index (χ2n) is 7.78. The summed E-state index contributed by atoms with van der Waals surface area (Å²) in [4.78, 5) is 17.9. The van der Waals surface area contributed by atoms with E-state index >= 15 is 0 Å². The first-order valence-corrected chi connectivity index (χ1v) is 10.4. The molecule has 2 aliphatic rings. The summed E-state index contributed by atoms with van der Waals surface area (Å²) in [7, 11) is 0. The third-order valence-corrected chi connectivity index (χ3v) is 5.85. The lowest BCUT2D eigenvalue weighted by Crippen LogP contribution is -2.44. The van der Waals surface area contributed by atoms with Crippen LogP contribution in [0.25, 0.3) is 6.08 Å². The zero-order valence-electron chi connectivity index (χ0n) is 16.0. The topological polar surface area (TPSA) is 77.5 Å². The summed E-state index contributed by atoms with van der Waals surface area (Å²) in [5, 5.41) is 12.2. The molecule has 28 heavy (non-hydrogen) atoms. The minimum absolute atomic E-state index is 0.278. The molecule has 0 unspecified atom stereocenters. The smallest absolute Gasteiger partial charge is 0.303 e. The molecular weight excluding hydrogens is 383 g/mol. The lowest BCUT2D eigenvalue weighted by molar-refractivity contribution is -0.126. The molecule has 3 N–H and O–H groups in total. The summed E-state index contributed by atoms with van der Waals surface area (Å²) in [5.74, 6) is -0.938. The van der Waals surface area contributed by atoms with Crippen molar-refractivity contribution in [3.63, 3.8) is 0 Å². The molecule has 154 valence electrons. The Balaban J connectivity index is 1.57. The average molecular weight is 411 g/mol. The fourth-order valence-corrected chi connectivity index (χ4v) is 4.40. The lowest BCUT2D eigenvalue weighted by atomic mass is 9.88. The maximum atomic E-state index is 13.5. The average Bonchev–Trinajstić information content (AvgIpc) is 2.70. The number of hydrogen-bond donors (Lipinski definition) is 3. The molecular formula is C20H28ClFN4O2. The Hall–Kier alpha value is -1.70. The number of piperidine rings is 1. The number of pyridine rings is 1. The van der Waals surface area contributed by atoms with Crippen molar-refractivity contribution >= 4 is 29.4 Å². The van der Waals surface area contributed by atoms with Gasteiger partial charge in [-0.15, -0.1) is 0 Å². The SMILES string of the molecule is O=C(NO)C(F)=Cc1cnc(N[C@@H]2CCCN(CC3CCCCC3)C2)c(Cl)c1. The molecule has 1 atom stereocenters. The normalized spacial score (nSPS) is 22.1. The summed E-state index contributed by atoms with van der Waals surface area (Å²) < 4.78 is 13.5. The van der Waals surface area contributed by atoms with Crippen molar-refractivity contribution in [2.75, 3.05) is 25.0 Å². The molecule has 2 heterocycles. The molecule has 8 heteroatoms. The van der Waals surface area contributed by atoms with E-state index in [0.29, 0.717) is 16.4 Å². The highest BCUT2D eigenvalue weighted by Crippen LogP contribution is 2.27. The largest absolute Gasteiger partial charge is 0.365 e. The van der Waals surface area contributed by atoms with Crippen molar-refractivity contribution < 1.29 is 14.4 Å². The highest BCUT2D eigenvalue weighted by molar-refractivity contribution is 6.33. The number of nitrogens with one attached hydrogen (secondary N) is 2. The predicted octanol–water partition coefficient (Wildman–Crippen LogP) is 4.01. The molecule has 2 fully saturated rings. The van der Waals surface area contributed by atoms with Gasteiger partial charge in [0.25, 0.3) is 0 Å². The number of nitrogens with zero attached hydrogens (tertiary/aromatic N) is 2. The van der Waals surface area contributed by atoms with Crippen LogP contribution >= 0.6 is 11.6 Å². The van der Waals surface area contributed by atoms with Gasteiger partial charge in [-0.2, -0.15) is 0 Å². The summed E-state index contributed by atoms with van der Waals surface area (Å²) in [6, 6.07) is 1.82. The Bertz CT molecular complexity index is 709. The van der Waals surface area contributed by atoms with Crippen LogP contribution in [-0.4, -0.2) is 46.7 Å². The Morgan fingerprint density at radius 1 is 1.32 bits per heavy atom. The Morgan fingerprint density at radius 3 is 2.82 bits per heavy atom. The van der Waals surface area contributed by atoms with Gasteiger partial charge in [-0.1, -0.05) is 30.9 Å². The number of rotatable bonds is 6. The summed E-state index contributed by atoms with van der Waals surface area (Å²) >= 11 is 6.30. The fraction of sp³-hybridized carbons (Fsp3) is 0.600. The van der Waals surface area contributed by atoms with Crippen LogP contribution in [0.4, 0.5) is 10.2 Å². The second-order valence-corrected chi connectivity index (χ2v) is 8.19. The molecule has 0 spiro atoms. The van der Waals surface area contributed by atoms with Crippen molar-refractivity contribution in [3.05, 3.63) is 28.7 Å². The molecule has 0 bridgehead atoms. The van der Waals surface area contributed by atoms with Gasteiger partial charge in [-0.3, -0.25) is 10.0 Å². The van der Waals surface area contributed by atoms with Crippen LogP contribution in [0.15, 0.2) is 18.1 Å². The summed E-state index contributed by atoms with van der Waals surface area (Å²) in [6.07, 6.45) is 11.4. The van der Waals surface area contributed by atoms with Crippen molar-refractivity contribution in [3.8, 4) is 0 Å². The van der Waals surface area contributed by atoms with Crippen LogP contribution in [0.5, 0.6) is 0 Å². The van der Waals surface area contributed by atoms with Crippen LogP contribution in [0, 0.1) is 5.92 Å². The van der Waals surface area contributed by atoms with E-state index in [1.165, 1.54) is 50.3 Å². The number of carbonyl (C=O) groups excluding carboxylic acids is 1. The number of amides is 1. The van der Waals surface area contributed by atoms with Gasteiger partial charge in [-0.25, -0.2) is 14.9 Å². The number of likely N-dealkylation sites (tertiary alicyclic amines) is 1. The van der Waals surface area contributed by atoms with Crippen LogP contribution in [-0.2, 0) is 4.79 Å². The minimum atomic E-state index is -1.21. The van der Waals surface area contributed by atoms with Gasteiger partial charge in [0.15, 0.2) is 5.83 Å². The first kappa shape index (κ1) is 21.0. The number of carbonyl (C=O) groups is 1. The molecule has 1 aromatic rings. The first-order valence-electron chi connectivity index (χ1n) is 10.0. The Labute approximate surface area is 170 Å². The Kier molecular flexibility index (Phi) is 7.65. The molecule has 1 amide bonds. The molecule has 1 saturated carbocycles. The third kappa shape index (κ3) is 5.90. The Morgan fingerprint density at radius 2 is 2.11 bits per heavy atom. The molecule has 0 radical (unpaired) electrons. The van der Waals surface area contributed by atoms with E-state index in [4.69, 9.17) is 16.8 Å². The van der Waals surface area contributed by atoms with Crippen LogP contribution < -0.4 is 10.8 Å². The number of aromatic nitrogens is 1. The number of halogens is 2. The summed E-state index contributed by atoms with van der Waals surface area (Å²) in [5.41, 5.74) is 1.59. The number of hydrogen-bond acceptors (Lipinski definition) is 5. The number of anilines is 1. The molecule has 6 nitrogen and oxygen atoms in total. The highest BCUT2D eigenvalue weighted by atomic mass is 35.5. The van der Waals surface area contributed by atoms with Gasteiger partial charge in [0.1, 0.15) is 5.82 Å². The van der Waals surface area contributed by atoms with E-state index in [0.717, 1.165) is 37.9 Å². The van der Waals surface area contributed by atoms with Gasteiger partial charge < -0.3 is 10.2 Å². The van der Waals surface area contributed by atoms with E-state index in [-0.39, 0.29) is 6.04 Å². The fourth-order valence-electron chi connectivity index (χ4n) is 4.17. The summed E-state index contributed by atoms with van der Waals surface area (Å²) in [6.45, 7) is 3.29. The van der Waals surface area contributed by atoms with Gasteiger partial charge in [0.2, 0.25) is 0 Å². The van der Waals surface area contributed by atoms with Crippen molar-refractivity contribution in [1.82, 2.24) is 15.4 Å². The van der Waals surface area contributed by atoms with E-state index in [1.807, 2.05) is 0 Å². The molecule has 1 saturated heterocycles. The van der Waals surface area contributed by atoms with Crippen molar-refractivity contribution in [1.29, 1.82) is 0 Å². The maximum absolute atomic E-state index is 13.5. The molecule has 1 aromatic heterocycles. The van der Waals surface area contributed by atoms with Gasteiger partial charge in [0.05, 0.1) is 5.02 Å². The standard InChI is InChI=1S/C20H28ClFN4O2/c21-17-9-15(10-18(22)20(27)25-28)11-23-19(17)24-16-7-4-8-26(13-16)12-14-5-2-1-3-6-14/h9-11,14,16,28H,1-8,12-13H2,(H,23,24)(H,25,27)/t16-/m1/s1. The minimum Gasteiger partial charge on any atom is -0.365 e. The van der Waals surface area contributed by atoms with E-state index in [9.17, 15) is 9.18 Å². The molecule has 1 aliphatic carbocycles. The second kappa shape index (κ2) is 10.2. The zero-order chi connectivity index (χ0) is 19.9. The zero-order valence-corrected chi connectivity index (χ0v) is 16.7. The van der Waals surface area contributed by atoms with E-state index < -0.39 is 11.7 Å².